The van der Waals surface area contributed by atoms with Crippen molar-refractivity contribution in [3.8, 4) is 5.75 Å². The second kappa shape index (κ2) is 10.7. The standard InChI is InChI=1S/C16H23Cl2NO3/c1-12(2)21-10-4-8-19-16(20)5-3-9-22-15-7-6-13(17)11-14(15)18/h6-7,11-12H,3-5,8-10H2,1-2H3,(H,19,20). The predicted molar refractivity (Wildman–Crippen MR) is 89.9 cm³/mol. The fraction of sp³-hybridized carbons (Fsp3) is 0.562. The molecule has 1 aromatic carbocycles. The molecule has 0 aliphatic heterocycles. The van der Waals surface area contributed by atoms with Crippen LogP contribution < -0.4 is 10.1 Å². The van der Waals surface area contributed by atoms with Crippen LogP contribution in [0, 0.1) is 0 Å². The SMILES string of the molecule is CC(C)OCCCNC(=O)CCCOc1ccc(Cl)cc1Cl. The molecule has 0 fully saturated rings. The smallest absolute Gasteiger partial charge is 0.220 e. The molecule has 0 bridgehead atoms. The van der Waals surface area contributed by atoms with Gasteiger partial charge in [0.15, 0.2) is 0 Å². The van der Waals surface area contributed by atoms with Gasteiger partial charge in [-0.25, -0.2) is 0 Å². The Kier molecular flexibility index (Phi) is 9.28. The fourth-order valence-corrected chi connectivity index (χ4v) is 2.18. The summed E-state index contributed by atoms with van der Waals surface area (Å²) >= 11 is 11.8. The van der Waals surface area contributed by atoms with Gasteiger partial charge < -0.3 is 14.8 Å². The number of amides is 1. The van der Waals surface area contributed by atoms with E-state index in [1.807, 2.05) is 13.8 Å². The minimum absolute atomic E-state index is 0.0235. The highest BCUT2D eigenvalue weighted by molar-refractivity contribution is 6.35. The lowest BCUT2D eigenvalue weighted by Gasteiger charge is -2.09. The fourth-order valence-electron chi connectivity index (χ4n) is 1.71. The van der Waals surface area contributed by atoms with Gasteiger partial charge in [0.1, 0.15) is 5.75 Å². The Morgan fingerprint density at radius 3 is 2.68 bits per heavy atom. The van der Waals surface area contributed by atoms with Gasteiger partial charge in [-0.05, 0) is 44.9 Å². The van der Waals surface area contributed by atoms with Crippen LogP contribution in [0.1, 0.15) is 33.1 Å². The first-order valence-corrected chi connectivity index (χ1v) is 8.21. The summed E-state index contributed by atoms with van der Waals surface area (Å²) in [7, 11) is 0. The van der Waals surface area contributed by atoms with Crippen LogP contribution in [0.5, 0.6) is 5.75 Å². The molecule has 0 unspecified atom stereocenters. The molecule has 1 amide bonds. The van der Waals surface area contributed by atoms with Gasteiger partial charge in [0.2, 0.25) is 5.91 Å². The van der Waals surface area contributed by atoms with E-state index in [0.717, 1.165) is 6.42 Å². The van der Waals surface area contributed by atoms with Gasteiger partial charge in [-0.2, -0.15) is 0 Å². The maximum absolute atomic E-state index is 11.6. The van der Waals surface area contributed by atoms with E-state index in [2.05, 4.69) is 5.32 Å². The lowest BCUT2D eigenvalue weighted by Crippen LogP contribution is -2.25. The van der Waals surface area contributed by atoms with E-state index in [1.165, 1.54) is 0 Å². The maximum Gasteiger partial charge on any atom is 0.220 e. The zero-order valence-corrected chi connectivity index (χ0v) is 14.5. The van der Waals surface area contributed by atoms with Crippen LogP contribution in [-0.4, -0.2) is 31.8 Å². The Morgan fingerprint density at radius 1 is 1.23 bits per heavy atom. The van der Waals surface area contributed by atoms with Crippen molar-refractivity contribution < 1.29 is 14.3 Å². The van der Waals surface area contributed by atoms with E-state index in [9.17, 15) is 4.79 Å². The minimum atomic E-state index is 0.0235. The normalized spacial score (nSPS) is 10.8. The second-order valence-corrected chi connectivity index (χ2v) is 5.99. The number of carbonyl (C=O) groups excluding carboxylic acids is 1. The molecule has 0 aliphatic rings. The largest absolute Gasteiger partial charge is 0.492 e. The van der Waals surface area contributed by atoms with Crippen molar-refractivity contribution in [2.24, 2.45) is 0 Å². The van der Waals surface area contributed by atoms with Crippen molar-refractivity contribution in [3.63, 3.8) is 0 Å². The van der Waals surface area contributed by atoms with Gasteiger partial charge in [0.05, 0.1) is 17.7 Å². The monoisotopic (exact) mass is 347 g/mol. The van der Waals surface area contributed by atoms with E-state index in [-0.39, 0.29) is 12.0 Å². The number of rotatable bonds is 10. The average Bonchev–Trinajstić information content (AvgIpc) is 2.44. The summed E-state index contributed by atoms with van der Waals surface area (Å²) < 4.78 is 10.9. The Hall–Kier alpha value is -0.970. The molecule has 0 spiro atoms. The highest BCUT2D eigenvalue weighted by atomic mass is 35.5. The topological polar surface area (TPSA) is 47.6 Å². The molecule has 1 N–H and O–H groups in total. The molecule has 1 rings (SSSR count). The first-order chi connectivity index (χ1) is 10.5. The van der Waals surface area contributed by atoms with Crippen LogP contribution >= 0.6 is 23.2 Å². The maximum atomic E-state index is 11.6. The van der Waals surface area contributed by atoms with Crippen LogP contribution in [-0.2, 0) is 9.53 Å². The first-order valence-electron chi connectivity index (χ1n) is 7.45. The molecule has 0 saturated heterocycles. The molecule has 0 saturated carbocycles. The van der Waals surface area contributed by atoms with Gasteiger partial charge in [0, 0.05) is 24.6 Å². The van der Waals surface area contributed by atoms with Gasteiger partial charge in [-0.3, -0.25) is 4.79 Å². The number of hydrogen-bond donors (Lipinski definition) is 1. The Morgan fingerprint density at radius 2 is 2.00 bits per heavy atom. The molecule has 124 valence electrons. The van der Waals surface area contributed by atoms with Crippen molar-refractivity contribution in [1.82, 2.24) is 5.32 Å². The Balaban J connectivity index is 2.07. The zero-order chi connectivity index (χ0) is 16.4. The number of benzene rings is 1. The van der Waals surface area contributed by atoms with Crippen LogP contribution in [0.25, 0.3) is 0 Å². The third-order valence-electron chi connectivity index (χ3n) is 2.79. The summed E-state index contributed by atoms with van der Waals surface area (Å²) in [5.41, 5.74) is 0. The van der Waals surface area contributed by atoms with Gasteiger partial charge >= 0.3 is 0 Å². The van der Waals surface area contributed by atoms with Crippen LogP contribution in [0.15, 0.2) is 18.2 Å². The molecule has 0 atom stereocenters. The number of nitrogens with one attached hydrogen (secondary N) is 1. The molecular weight excluding hydrogens is 325 g/mol. The third-order valence-corrected chi connectivity index (χ3v) is 3.32. The highest BCUT2D eigenvalue weighted by Gasteiger charge is 2.04. The number of carbonyl (C=O) groups is 1. The molecule has 4 nitrogen and oxygen atoms in total. The molecule has 0 heterocycles. The van der Waals surface area contributed by atoms with Gasteiger partial charge in [-0.15, -0.1) is 0 Å². The number of ether oxygens (including phenoxy) is 2. The molecule has 0 aliphatic carbocycles. The van der Waals surface area contributed by atoms with Crippen molar-refractivity contribution >= 4 is 29.1 Å². The summed E-state index contributed by atoms with van der Waals surface area (Å²) in [5.74, 6) is 0.604. The van der Waals surface area contributed by atoms with E-state index in [0.29, 0.717) is 48.4 Å². The number of hydrogen-bond acceptors (Lipinski definition) is 3. The summed E-state index contributed by atoms with van der Waals surface area (Å²) in [6, 6.07) is 5.07. The summed E-state index contributed by atoms with van der Waals surface area (Å²) in [5, 5.41) is 3.90. The average molecular weight is 348 g/mol. The van der Waals surface area contributed by atoms with E-state index >= 15 is 0 Å². The third kappa shape index (κ3) is 8.47. The Bertz CT molecular complexity index is 467. The summed E-state index contributed by atoms with van der Waals surface area (Å²) in [4.78, 5) is 11.6. The first kappa shape index (κ1) is 19.1. The van der Waals surface area contributed by atoms with Gasteiger partial charge in [0.25, 0.3) is 0 Å². The summed E-state index contributed by atoms with van der Waals surface area (Å²) in [6.45, 7) is 5.72. The molecule has 0 aromatic heterocycles. The molecule has 0 radical (unpaired) electrons. The van der Waals surface area contributed by atoms with Gasteiger partial charge in [-0.1, -0.05) is 23.2 Å². The molecule has 1 aromatic rings. The van der Waals surface area contributed by atoms with Crippen molar-refractivity contribution in [3.05, 3.63) is 28.2 Å². The second-order valence-electron chi connectivity index (χ2n) is 5.15. The van der Waals surface area contributed by atoms with Crippen molar-refractivity contribution in [2.45, 2.75) is 39.2 Å². The van der Waals surface area contributed by atoms with Crippen molar-refractivity contribution in [2.75, 3.05) is 19.8 Å². The predicted octanol–water partition coefficient (Wildman–Crippen LogP) is 4.08. The van der Waals surface area contributed by atoms with Crippen LogP contribution in [0.4, 0.5) is 0 Å². The van der Waals surface area contributed by atoms with E-state index in [4.69, 9.17) is 32.7 Å². The minimum Gasteiger partial charge on any atom is -0.492 e. The van der Waals surface area contributed by atoms with E-state index < -0.39 is 0 Å². The Labute approximate surface area is 142 Å². The molecular formula is C16H23Cl2NO3. The zero-order valence-electron chi connectivity index (χ0n) is 13.0. The lowest BCUT2D eigenvalue weighted by atomic mass is 10.3. The molecule has 6 heteroatoms. The quantitative estimate of drug-likeness (QED) is 0.648. The van der Waals surface area contributed by atoms with Crippen LogP contribution in [0.3, 0.4) is 0 Å². The lowest BCUT2D eigenvalue weighted by molar-refractivity contribution is -0.121. The highest BCUT2D eigenvalue weighted by Crippen LogP contribution is 2.27. The van der Waals surface area contributed by atoms with Crippen molar-refractivity contribution in [1.29, 1.82) is 0 Å². The number of halogens is 2. The van der Waals surface area contributed by atoms with E-state index in [1.54, 1.807) is 18.2 Å². The van der Waals surface area contributed by atoms with Crippen LogP contribution in [0.2, 0.25) is 10.0 Å². The summed E-state index contributed by atoms with van der Waals surface area (Å²) in [6.07, 6.45) is 2.11. The molecule has 22 heavy (non-hydrogen) atoms.